The second kappa shape index (κ2) is 6.74. The van der Waals surface area contributed by atoms with Crippen LogP contribution in [0.2, 0.25) is 5.15 Å². The number of nitrogens with zero attached hydrogens (tertiary/aromatic N) is 3. The molecule has 2 heterocycles. The Hall–Kier alpha value is -2.38. The van der Waals surface area contributed by atoms with E-state index in [2.05, 4.69) is 27.2 Å². The summed E-state index contributed by atoms with van der Waals surface area (Å²) in [6, 6.07) is 7.64. The first-order chi connectivity index (χ1) is 12.5. The number of benzene rings is 1. The van der Waals surface area contributed by atoms with E-state index in [9.17, 15) is 5.11 Å². The van der Waals surface area contributed by atoms with E-state index in [1.165, 1.54) is 0 Å². The molecule has 1 saturated carbocycles. The molecule has 0 amide bonds. The van der Waals surface area contributed by atoms with Crippen molar-refractivity contribution in [2.24, 2.45) is 11.8 Å². The van der Waals surface area contributed by atoms with Gasteiger partial charge in [0.1, 0.15) is 22.1 Å². The fraction of sp³-hybridized carbons (Fsp3) is 0.389. The predicted molar refractivity (Wildman–Crippen MR) is 101 cm³/mol. The molecule has 3 aromatic rings. The SMILES string of the molecule is C[C@@H]1C[C@@H](CO)C[C@H]1Nc1nc(N)nc(Cl)c1-c1nc2ccccc2o1. The van der Waals surface area contributed by atoms with E-state index in [1.54, 1.807) is 0 Å². The normalized spacial score (nSPS) is 22.8. The largest absolute Gasteiger partial charge is 0.436 e. The molecule has 1 fully saturated rings. The highest BCUT2D eigenvalue weighted by molar-refractivity contribution is 6.32. The lowest BCUT2D eigenvalue weighted by molar-refractivity contribution is 0.226. The van der Waals surface area contributed by atoms with Crippen LogP contribution in [0.25, 0.3) is 22.6 Å². The Labute approximate surface area is 155 Å². The van der Waals surface area contributed by atoms with Gasteiger partial charge >= 0.3 is 0 Å². The zero-order valence-corrected chi connectivity index (χ0v) is 15.1. The van der Waals surface area contributed by atoms with Crippen LogP contribution in [0.1, 0.15) is 19.8 Å². The fourth-order valence-corrected chi connectivity index (χ4v) is 3.88. The molecule has 0 aliphatic heterocycles. The van der Waals surface area contributed by atoms with Gasteiger partial charge in [-0.05, 0) is 36.8 Å². The lowest BCUT2D eigenvalue weighted by atomic mass is 10.1. The third kappa shape index (κ3) is 3.08. The highest BCUT2D eigenvalue weighted by Gasteiger charge is 2.32. The maximum absolute atomic E-state index is 9.45. The molecular weight excluding hydrogens is 354 g/mol. The number of oxazole rings is 1. The van der Waals surface area contributed by atoms with Gasteiger partial charge < -0.3 is 20.6 Å². The lowest BCUT2D eigenvalue weighted by Crippen LogP contribution is -2.23. The molecule has 4 N–H and O–H groups in total. The number of anilines is 2. The number of aliphatic hydroxyl groups is 1. The maximum Gasteiger partial charge on any atom is 0.234 e. The molecule has 26 heavy (non-hydrogen) atoms. The summed E-state index contributed by atoms with van der Waals surface area (Å²) in [6.07, 6.45) is 1.81. The number of nitrogens with two attached hydrogens (primary N) is 1. The van der Waals surface area contributed by atoms with Gasteiger partial charge in [-0.3, -0.25) is 0 Å². The van der Waals surface area contributed by atoms with Crippen LogP contribution in [0, 0.1) is 11.8 Å². The molecule has 0 unspecified atom stereocenters. The van der Waals surface area contributed by atoms with Crippen LogP contribution in [0.4, 0.5) is 11.8 Å². The van der Waals surface area contributed by atoms with Crippen LogP contribution in [0.5, 0.6) is 0 Å². The van der Waals surface area contributed by atoms with E-state index in [0.717, 1.165) is 18.4 Å². The van der Waals surface area contributed by atoms with Crippen LogP contribution in [-0.4, -0.2) is 32.7 Å². The Kier molecular flexibility index (Phi) is 4.42. The summed E-state index contributed by atoms with van der Waals surface area (Å²) in [5.41, 5.74) is 7.70. The van der Waals surface area contributed by atoms with Crippen molar-refractivity contribution in [3.63, 3.8) is 0 Å². The van der Waals surface area contributed by atoms with E-state index in [4.69, 9.17) is 21.8 Å². The first-order valence-corrected chi connectivity index (χ1v) is 8.99. The first kappa shape index (κ1) is 17.1. The lowest BCUT2D eigenvalue weighted by Gasteiger charge is -2.19. The van der Waals surface area contributed by atoms with Crippen LogP contribution >= 0.6 is 11.6 Å². The van der Waals surface area contributed by atoms with Crippen LogP contribution < -0.4 is 11.1 Å². The number of aliphatic hydroxyl groups excluding tert-OH is 1. The minimum absolute atomic E-state index is 0.0849. The van der Waals surface area contributed by atoms with Crippen molar-refractivity contribution in [2.45, 2.75) is 25.8 Å². The van der Waals surface area contributed by atoms with E-state index in [-0.39, 0.29) is 29.7 Å². The highest BCUT2D eigenvalue weighted by atomic mass is 35.5. The summed E-state index contributed by atoms with van der Waals surface area (Å²) < 4.78 is 5.85. The summed E-state index contributed by atoms with van der Waals surface area (Å²) in [7, 11) is 0. The van der Waals surface area contributed by atoms with Gasteiger partial charge in [-0.25, -0.2) is 9.97 Å². The van der Waals surface area contributed by atoms with Gasteiger partial charge in [-0.1, -0.05) is 30.7 Å². The summed E-state index contributed by atoms with van der Waals surface area (Å²) >= 11 is 6.36. The van der Waals surface area contributed by atoms with Gasteiger partial charge in [0.05, 0.1) is 0 Å². The van der Waals surface area contributed by atoms with Crippen molar-refractivity contribution in [1.29, 1.82) is 0 Å². The fourth-order valence-electron chi connectivity index (χ4n) is 3.63. The predicted octanol–water partition coefficient (Wildman–Crippen LogP) is 3.34. The van der Waals surface area contributed by atoms with Gasteiger partial charge in [0.2, 0.25) is 11.8 Å². The molecule has 4 rings (SSSR count). The van der Waals surface area contributed by atoms with Crippen LogP contribution in [0.15, 0.2) is 28.7 Å². The number of hydrogen-bond acceptors (Lipinski definition) is 7. The summed E-state index contributed by atoms with van der Waals surface area (Å²) in [5, 5.41) is 13.1. The Balaban J connectivity index is 1.75. The molecule has 1 aromatic carbocycles. The van der Waals surface area contributed by atoms with E-state index in [0.29, 0.717) is 28.8 Å². The average molecular weight is 374 g/mol. The number of hydrogen-bond donors (Lipinski definition) is 3. The Morgan fingerprint density at radius 1 is 1.27 bits per heavy atom. The Morgan fingerprint density at radius 2 is 2.08 bits per heavy atom. The molecule has 8 heteroatoms. The summed E-state index contributed by atoms with van der Waals surface area (Å²) in [5.74, 6) is 1.61. The number of nitrogens with one attached hydrogen (secondary N) is 1. The van der Waals surface area contributed by atoms with Crippen molar-refractivity contribution in [1.82, 2.24) is 15.0 Å². The van der Waals surface area contributed by atoms with E-state index < -0.39 is 0 Å². The molecule has 0 spiro atoms. The topological polar surface area (TPSA) is 110 Å². The molecule has 3 atom stereocenters. The zero-order valence-electron chi connectivity index (χ0n) is 14.3. The van der Waals surface area contributed by atoms with Gasteiger partial charge in [0.25, 0.3) is 0 Å². The summed E-state index contributed by atoms with van der Waals surface area (Å²) in [6.45, 7) is 2.34. The smallest absolute Gasteiger partial charge is 0.234 e. The van der Waals surface area contributed by atoms with Gasteiger partial charge in [-0.15, -0.1) is 0 Å². The Bertz CT molecular complexity index is 911. The molecule has 136 valence electrons. The molecule has 1 aliphatic rings. The molecule has 0 bridgehead atoms. The number of halogens is 1. The van der Waals surface area contributed by atoms with Gasteiger partial charge in [0.15, 0.2) is 5.58 Å². The maximum atomic E-state index is 9.45. The number of rotatable bonds is 4. The van der Waals surface area contributed by atoms with Crippen molar-refractivity contribution in [3.8, 4) is 11.5 Å². The number of nitrogen functional groups attached to an aromatic ring is 1. The number of para-hydroxylation sites is 2. The third-order valence-corrected chi connectivity index (χ3v) is 5.22. The third-order valence-electron chi connectivity index (χ3n) is 4.95. The first-order valence-electron chi connectivity index (χ1n) is 8.61. The molecule has 0 radical (unpaired) electrons. The van der Waals surface area contributed by atoms with Crippen molar-refractivity contribution >= 4 is 34.5 Å². The van der Waals surface area contributed by atoms with Gasteiger partial charge in [0, 0.05) is 12.6 Å². The molecule has 0 saturated heterocycles. The number of fused-ring (bicyclic) bond motifs is 1. The van der Waals surface area contributed by atoms with Crippen LogP contribution in [0.3, 0.4) is 0 Å². The number of aromatic nitrogens is 3. The zero-order chi connectivity index (χ0) is 18.3. The van der Waals surface area contributed by atoms with Crippen molar-refractivity contribution < 1.29 is 9.52 Å². The van der Waals surface area contributed by atoms with E-state index >= 15 is 0 Å². The minimum Gasteiger partial charge on any atom is -0.436 e. The average Bonchev–Trinajstić information content (AvgIpc) is 3.17. The van der Waals surface area contributed by atoms with Crippen molar-refractivity contribution in [2.75, 3.05) is 17.7 Å². The minimum atomic E-state index is 0.0849. The second-order valence-electron chi connectivity index (χ2n) is 6.83. The quantitative estimate of drug-likeness (QED) is 0.601. The van der Waals surface area contributed by atoms with Gasteiger partial charge in [-0.2, -0.15) is 4.98 Å². The standard InChI is InChI=1S/C18H20ClN5O2/c1-9-6-10(8-25)7-12(9)21-16-14(15(19)23-18(20)24-16)17-22-11-4-2-3-5-13(11)26-17/h2-5,9-10,12,25H,6-8H2,1H3,(H3,20,21,23,24)/t9-,10-,12-/m1/s1. The second-order valence-corrected chi connectivity index (χ2v) is 7.19. The highest BCUT2D eigenvalue weighted by Crippen LogP contribution is 2.38. The molecular formula is C18H20ClN5O2. The van der Waals surface area contributed by atoms with Crippen LogP contribution in [-0.2, 0) is 0 Å². The molecule has 1 aliphatic carbocycles. The molecule has 7 nitrogen and oxygen atoms in total. The molecule has 2 aromatic heterocycles. The Morgan fingerprint density at radius 3 is 2.81 bits per heavy atom. The van der Waals surface area contributed by atoms with E-state index in [1.807, 2.05) is 24.3 Å². The summed E-state index contributed by atoms with van der Waals surface area (Å²) in [4.78, 5) is 12.9. The van der Waals surface area contributed by atoms with Crippen molar-refractivity contribution in [3.05, 3.63) is 29.4 Å². The monoisotopic (exact) mass is 373 g/mol.